The van der Waals surface area contributed by atoms with Crippen LogP contribution in [0, 0.1) is 13.8 Å². The van der Waals surface area contributed by atoms with Crippen molar-refractivity contribution < 1.29 is 9.84 Å². The van der Waals surface area contributed by atoms with Gasteiger partial charge in [-0.1, -0.05) is 41.5 Å². The molecule has 0 spiro atoms. The van der Waals surface area contributed by atoms with E-state index in [1.807, 2.05) is 56.3 Å². The molecular formula is C17H20O2. The highest BCUT2D eigenvalue weighted by atomic mass is 16.5. The summed E-state index contributed by atoms with van der Waals surface area (Å²) in [5, 5.41) is 10.9. The predicted molar refractivity (Wildman–Crippen MR) is 77.6 cm³/mol. The van der Waals surface area contributed by atoms with Crippen LogP contribution in [-0.2, 0) is 5.60 Å². The standard InChI is InChI=1S/C17H20O2/c1-12-5-8-14(9-6-12)17(3,18)15-11-13(2)7-10-16(15)19-4/h5-11,18H,1-4H3. The molecule has 2 nitrogen and oxygen atoms in total. The summed E-state index contributed by atoms with van der Waals surface area (Å²) in [5.74, 6) is 0.705. The molecule has 0 aliphatic carbocycles. The van der Waals surface area contributed by atoms with Crippen molar-refractivity contribution >= 4 is 0 Å². The van der Waals surface area contributed by atoms with Gasteiger partial charge in [-0.25, -0.2) is 0 Å². The van der Waals surface area contributed by atoms with Crippen LogP contribution in [0.25, 0.3) is 0 Å². The zero-order valence-corrected chi connectivity index (χ0v) is 11.9. The van der Waals surface area contributed by atoms with Gasteiger partial charge in [0.2, 0.25) is 0 Å². The first-order chi connectivity index (χ1) is 8.95. The van der Waals surface area contributed by atoms with Crippen molar-refractivity contribution in [2.75, 3.05) is 7.11 Å². The topological polar surface area (TPSA) is 29.5 Å². The van der Waals surface area contributed by atoms with E-state index >= 15 is 0 Å². The number of hydrogen-bond acceptors (Lipinski definition) is 2. The third kappa shape index (κ3) is 2.64. The molecule has 0 aliphatic rings. The second-order valence-electron chi connectivity index (χ2n) is 5.14. The van der Waals surface area contributed by atoms with Crippen LogP contribution in [-0.4, -0.2) is 12.2 Å². The molecule has 0 saturated heterocycles. The number of aliphatic hydroxyl groups is 1. The van der Waals surface area contributed by atoms with Crippen LogP contribution < -0.4 is 4.74 Å². The van der Waals surface area contributed by atoms with Crippen LogP contribution in [0.15, 0.2) is 42.5 Å². The summed E-state index contributed by atoms with van der Waals surface area (Å²) in [4.78, 5) is 0. The summed E-state index contributed by atoms with van der Waals surface area (Å²) < 4.78 is 5.37. The Morgan fingerprint density at radius 1 is 0.947 bits per heavy atom. The molecule has 100 valence electrons. The Kier molecular flexibility index (Phi) is 3.63. The van der Waals surface area contributed by atoms with Gasteiger partial charge in [0.1, 0.15) is 11.4 Å². The molecule has 1 unspecified atom stereocenters. The molecule has 0 heterocycles. The fourth-order valence-corrected chi connectivity index (χ4v) is 2.24. The van der Waals surface area contributed by atoms with Gasteiger partial charge in [-0.2, -0.15) is 0 Å². The van der Waals surface area contributed by atoms with Crippen molar-refractivity contribution in [2.45, 2.75) is 26.4 Å². The highest BCUT2D eigenvalue weighted by Crippen LogP contribution is 2.35. The summed E-state index contributed by atoms with van der Waals surface area (Å²) in [6.07, 6.45) is 0. The van der Waals surface area contributed by atoms with E-state index in [9.17, 15) is 5.11 Å². The lowest BCUT2D eigenvalue weighted by Gasteiger charge is -2.27. The Bertz CT molecular complexity index is 568. The lowest BCUT2D eigenvalue weighted by molar-refractivity contribution is 0.0989. The molecule has 0 aromatic heterocycles. The maximum Gasteiger partial charge on any atom is 0.125 e. The Labute approximate surface area is 114 Å². The average molecular weight is 256 g/mol. The SMILES string of the molecule is COc1ccc(C)cc1C(C)(O)c1ccc(C)cc1. The van der Waals surface area contributed by atoms with Crippen LogP contribution in [0.5, 0.6) is 5.75 Å². The Morgan fingerprint density at radius 2 is 1.53 bits per heavy atom. The molecule has 2 aromatic rings. The zero-order valence-electron chi connectivity index (χ0n) is 11.9. The van der Waals surface area contributed by atoms with E-state index in [1.165, 1.54) is 5.56 Å². The zero-order chi connectivity index (χ0) is 14.0. The third-order valence-corrected chi connectivity index (χ3v) is 3.49. The van der Waals surface area contributed by atoms with Crippen LogP contribution in [0.4, 0.5) is 0 Å². The summed E-state index contributed by atoms with van der Waals surface area (Å²) in [6, 6.07) is 13.8. The Hall–Kier alpha value is -1.80. The van der Waals surface area contributed by atoms with Crippen molar-refractivity contribution in [1.29, 1.82) is 0 Å². The molecule has 2 heteroatoms. The second-order valence-corrected chi connectivity index (χ2v) is 5.14. The summed E-state index contributed by atoms with van der Waals surface area (Å²) in [6.45, 7) is 5.84. The number of benzene rings is 2. The molecule has 0 fully saturated rings. The smallest absolute Gasteiger partial charge is 0.125 e. The van der Waals surface area contributed by atoms with Gasteiger partial charge in [0.25, 0.3) is 0 Å². The first-order valence-corrected chi connectivity index (χ1v) is 6.40. The van der Waals surface area contributed by atoms with E-state index in [1.54, 1.807) is 14.0 Å². The molecule has 1 N–H and O–H groups in total. The van der Waals surface area contributed by atoms with Gasteiger partial charge >= 0.3 is 0 Å². The molecule has 1 atom stereocenters. The molecule has 2 aromatic carbocycles. The maximum atomic E-state index is 10.9. The van der Waals surface area contributed by atoms with Gasteiger partial charge < -0.3 is 9.84 Å². The van der Waals surface area contributed by atoms with E-state index in [0.29, 0.717) is 5.75 Å². The van der Waals surface area contributed by atoms with Crippen LogP contribution in [0.1, 0.15) is 29.2 Å². The van der Waals surface area contributed by atoms with Crippen molar-refractivity contribution in [3.8, 4) is 5.75 Å². The normalized spacial score (nSPS) is 13.9. The molecular weight excluding hydrogens is 236 g/mol. The van der Waals surface area contributed by atoms with Crippen molar-refractivity contribution in [1.82, 2.24) is 0 Å². The highest BCUT2D eigenvalue weighted by Gasteiger charge is 2.28. The minimum atomic E-state index is -1.06. The number of hydrogen-bond donors (Lipinski definition) is 1. The fourth-order valence-electron chi connectivity index (χ4n) is 2.24. The fraction of sp³-hybridized carbons (Fsp3) is 0.294. The van der Waals surface area contributed by atoms with Crippen LogP contribution in [0.2, 0.25) is 0 Å². The van der Waals surface area contributed by atoms with Crippen molar-refractivity contribution in [3.05, 3.63) is 64.7 Å². The summed E-state index contributed by atoms with van der Waals surface area (Å²) in [5.41, 5.74) is 2.87. The van der Waals surface area contributed by atoms with Gasteiger partial charge in [-0.15, -0.1) is 0 Å². The van der Waals surface area contributed by atoms with Crippen LogP contribution in [0.3, 0.4) is 0 Å². The molecule has 0 saturated carbocycles. The Morgan fingerprint density at radius 3 is 2.11 bits per heavy atom. The van der Waals surface area contributed by atoms with Gasteiger partial charge in [-0.05, 0) is 38.5 Å². The highest BCUT2D eigenvalue weighted by molar-refractivity contribution is 5.46. The first-order valence-electron chi connectivity index (χ1n) is 6.40. The lowest BCUT2D eigenvalue weighted by atomic mass is 9.86. The number of methoxy groups -OCH3 is 1. The van der Waals surface area contributed by atoms with Gasteiger partial charge in [0.15, 0.2) is 0 Å². The van der Waals surface area contributed by atoms with Crippen molar-refractivity contribution in [2.24, 2.45) is 0 Å². The van der Waals surface area contributed by atoms with Gasteiger partial charge in [-0.3, -0.25) is 0 Å². The van der Waals surface area contributed by atoms with E-state index in [4.69, 9.17) is 4.74 Å². The molecule has 19 heavy (non-hydrogen) atoms. The minimum Gasteiger partial charge on any atom is -0.496 e. The molecule has 0 bridgehead atoms. The van der Waals surface area contributed by atoms with E-state index in [0.717, 1.165) is 16.7 Å². The van der Waals surface area contributed by atoms with Gasteiger partial charge in [0, 0.05) is 5.56 Å². The quantitative estimate of drug-likeness (QED) is 0.909. The minimum absolute atomic E-state index is 0.705. The number of rotatable bonds is 3. The monoisotopic (exact) mass is 256 g/mol. The molecule has 0 aliphatic heterocycles. The van der Waals surface area contributed by atoms with E-state index in [2.05, 4.69) is 0 Å². The third-order valence-electron chi connectivity index (χ3n) is 3.49. The molecule has 0 radical (unpaired) electrons. The summed E-state index contributed by atoms with van der Waals surface area (Å²) in [7, 11) is 1.62. The number of aryl methyl sites for hydroxylation is 2. The maximum absolute atomic E-state index is 10.9. The predicted octanol–water partition coefficient (Wildman–Crippen LogP) is 3.57. The van der Waals surface area contributed by atoms with Crippen LogP contribution >= 0.6 is 0 Å². The van der Waals surface area contributed by atoms with Gasteiger partial charge in [0.05, 0.1) is 7.11 Å². The Balaban J connectivity index is 2.55. The summed E-state index contributed by atoms with van der Waals surface area (Å²) >= 11 is 0. The first kappa shape index (κ1) is 13.6. The molecule has 2 rings (SSSR count). The second kappa shape index (κ2) is 5.06. The van der Waals surface area contributed by atoms with E-state index < -0.39 is 5.60 Å². The number of ether oxygens (including phenoxy) is 1. The largest absolute Gasteiger partial charge is 0.496 e. The molecule has 0 amide bonds. The average Bonchev–Trinajstić information content (AvgIpc) is 2.39. The van der Waals surface area contributed by atoms with E-state index in [-0.39, 0.29) is 0 Å². The lowest BCUT2D eigenvalue weighted by Crippen LogP contribution is -2.23. The van der Waals surface area contributed by atoms with Crippen molar-refractivity contribution in [3.63, 3.8) is 0 Å².